The predicted molar refractivity (Wildman–Crippen MR) is 142 cm³/mol. The van der Waals surface area contributed by atoms with Crippen LogP contribution in [-0.4, -0.2) is 12.1 Å². The van der Waals surface area contributed by atoms with E-state index in [-0.39, 0.29) is 11.3 Å². The minimum Gasteiger partial charge on any atom is -0.322 e. The maximum atomic E-state index is 13.4. The second-order valence-corrected chi connectivity index (χ2v) is 11.7. The van der Waals surface area contributed by atoms with E-state index in [1.807, 2.05) is 12.1 Å². The van der Waals surface area contributed by atoms with E-state index < -0.39 is 0 Å². The SMILES string of the molecule is CC(C)(C)[C@@H]1CCc2c(sc(N=Cc3cccc(Cl)c3Cl)c2C(=O)Nc2ccc(Cl)cc2)C1. The molecule has 4 rings (SSSR count). The first-order valence-corrected chi connectivity index (χ1v) is 12.8. The van der Waals surface area contributed by atoms with E-state index in [4.69, 9.17) is 39.8 Å². The predicted octanol–water partition coefficient (Wildman–Crippen LogP) is 8.86. The van der Waals surface area contributed by atoms with E-state index >= 15 is 0 Å². The molecule has 1 atom stereocenters. The van der Waals surface area contributed by atoms with Crippen LogP contribution in [-0.2, 0) is 12.8 Å². The van der Waals surface area contributed by atoms with Crippen LogP contribution in [0.2, 0.25) is 15.1 Å². The van der Waals surface area contributed by atoms with Gasteiger partial charge in [0.05, 0.1) is 15.6 Å². The molecule has 1 heterocycles. The summed E-state index contributed by atoms with van der Waals surface area (Å²) in [5, 5.41) is 5.25. The van der Waals surface area contributed by atoms with Crippen molar-refractivity contribution in [2.75, 3.05) is 5.32 Å². The lowest BCUT2D eigenvalue weighted by atomic mass is 9.72. The Hall–Kier alpha value is -1.85. The summed E-state index contributed by atoms with van der Waals surface area (Å²) in [4.78, 5) is 19.4. The number of amides is 1. The van der Waals surface area contributed by atoms with Crippen molar-refractivity contribution in [1.29, 1.82) is 0 Å². The number of rotatable bonds is 4. The molecule has 0 aliphatic heterocycles. The van der Waals surface area contributed by atoms with Gasteiger partial charge in [-0.1, -0.05) is 67.7 Å². The van der Waals surface area contributed by atoms with E-state index in [1.54, 1.807) is 47.9 Å². The highest BCUT2D eigenvalue weighted by Gasteiger charge is 2.33. The third-order valence-corrected chi connectivity index (χ3v) is 8.35. The van der Waals surface area contributed by atoms with Crippen LogP contribution in [0.5, 0.6) is 0 Å². The number of nitrogens with zero attached hydrogens (tertiary/aromatic N) is 1. The molecule has 7 heteroatoms. The van der Waals surface area contributed by atoms with Crippen molar-refractivity contribution in [2.24, 2.45) is 16.3 Å². The van der Waals surface area contributed by atoms with Crippen LogP contribution in [0.1, 0.15) is 53.6 Å². The zero-order chi connectivity index (χ0) is 23.8. The number of nitrogens with one attached hydrogen (secondary N) is 1. The van der Waals surface area contributed by atoms with Gasteiger partial charge < -0.3 is 5.32 Å². The number of halogens is 3. The average Bonchev–Trinajstić information content (AvgIpc) is 3.13. The number of carbonyl (C=O) groups excluding carboxylic acids is 1. The van der Waals surface area contributed by atoms with Gasteiger partial charge in [0.2, 0.25) is 0 Å². The average molecular weight is 520 g/mol. The number of carbonyl (C=O) groups is 1. The maximum Gasteiger partial charge on any atom is 0.259 e. The van der Waals surface area contributed by atoms with Crippen LogP contribution in [0.25, 0.3) is 0 Å². The van der Waals surface area contributed by atoms with Gasteiger partial charge in [-0.3, -0.25) is 4.79 Å². The molecule has 0 saturated heterocycles. The second kappa shape index (κ2) is 9.79. The molecule has 2 aromatic carbocycles. The number of fused-ring (bicyclic) bond motifs is 1. The minimum atomic E-state index is -0.159. The third-order valence-electron chi connectivity index (χ3n) is 6.10. The molecule has 1 N–H and O–H groups in total. The van der Waals surface area contributed by atoms with Crippen molar-refractivity contribution in [2.45, 2.75) is 40.0 Å². The summed E-state index contributed by atoms with van der Waals surface area (Å²) in [5.74, 6) is 0.406. The van der Waals surface area contributed by atoms with Crippen molar-refractivity contribution in [1.82, 2.24) is 0 Å². The van der Waals surface area contributed by atoms with Crippen LogP contribution >= 0.6 is 46.1 Å². The first kappa shape index (κ1) is 24.3. The Labute approximate surface area is 213 Å². The highest BCUT2D eigenvalue weighted by molar-refractivity contribution is 7.16. The molecule has 172 valence electrons. The van der Waals surface area contributed by atoms with Crippen molar-refractivity contribution >= 4 is 68.9 Å². The number of benzene rings is 2. The molecule has 1 aliphatic rings. The molecule has 0 fully saturated rings. The molecule has 0 bridgehead atoms. The Balaban J connectivity index is 1.72. The fourth-order valence-electron chi connectivity index (χ4n) is 4.11. The third kappa shape index (κ3) is 5.46. The van der Waals surface area contributed by atoms with Crippen molar-refractivity contribution in [3.63, 3.8) is 0 Å². The summed E-state index contributed by atoms with van der Waals surface area (Å²) in [5.41, 5.74) is 3.38. The van der Waals surface area contributed by atoms with Gasteiger partial charge in [0.15, 0.2) is 0 Å². The van der Waals surface area contributed by atoms with E-state index in [0.717, 1.165) is 24.8 Å². The summed E-state index contributed by atoms with van der Waals surface area (Å²) in [6.07, 6.45) is 4.56. The van der Waals surface area contributed by atoms with Crippen LogP contribution in [0.15, 0.2) is 47.5 Å². The Morgan fingerprint density at radius 1 is 1.12 bits per heavy atom. The monoisotopic (exact) mass is 518 g/mol. The standard InChI is InChI=1S/C26H25Cl3N2OS/c1-26(2,3)16-7-12-19-21(13-16)33-25(30-14-15-5-4-6-20(28)23(15)29)22(19)24(32)31-18-10-8-17(27)9-11-18/h4-6,8-11,14,16H,7,12-13H2,1-3H3,(H,31,32)/t16-/m1/s1. The number of anilines is 1. The Bertz CT molecular complexity index is 1210. The molecule has 3 aromatic rings. The quantitative estimate of drug-likeness (QED) is 0.344. The van der Waals surface area contributed by atoms with Gasteiger partial charge in [-0.25, -0.2) is 4.99 Å². The lowest BCUT2D eigenvalue weighted by Gasteiger charge is -2.33. The highest BCUT2D eigenvalue weighted by Crippen LogP contribution is 2.45. The second-order valence-electron chi connectivity index (χ2n) is 9.35. The fourth-order valence-corrected chi connectivity index (χ4v) is 5.86. The van der Waals surface area contributed by atoms with Gasteiger partial charge in [0, 0.05) is 27.4 Å². The van der Waals surface area contributed by atoms with Gasteiger partial charge >= 0.3 is 0 Å². The van der Waals surface area contributed by atoms with Crippen molar-refractivity contribution in [3.8, 4) is 0 Å². The molecule has 0 unspecified atom stereocenters. The molecular formula is C26H25Cl3N2OS. The summed E-state index contributed by atoms with van der Waals surface area (Å²) < 4.78 is 0. The molecule has 0 radical (unpaired) electrons. The molecule has 0 spiro atoms. The normalized spacial score (nSPS) is 16.1. The number of hydrogen-bond acceptors (Lipinski definition) is 3. The lowest BCUT2D eigenvalue weighted by molar-refractivity contribution is 0.102. The summed E-state index contributed by atoms with van der Waals surface area (Å²) >= 11 is 20.1. The van der Waals surface area contributed by atoms with Gasteiger partial charge in [0.25, 0.3) is 5.91 Å². The van der Waals surface area contributed by atoms with Gasteiger partial charge in [-0.05, 0) is 66.5 Å². The Morgan fingerprint density at radius 3 is 2.55 bits per heavy atom. The van der Waals surface area contributed by atoms with Crippen LogP contribution in [0, 0.1) is 11.3 Å². The topological polar surface area (TPSA) is 41.5 Å². The molecule has 0 saturated carbocycles. The zero-order valence-corrected chi connectivity index (χ0v) is 21.8. The zero-order valence-electron chi connectivity index (χ0n) is 18.7. The lowest BCUT2D eigenvalue weighted by Crippen LogP contribution is -2.27. The van der Waals surface area contributed by atoms with Gasteiger partial charge in [0.1, 0.15) is 5.00 Å². The van der Waals surface area contributed by atoms with E-state index in [2.05, 4.69) is 26.1 Å². The minimum absolute atomic E-state index is 0.159. The first-order chi connectivity index (χ1) is 15.6. The van der Waals surface area contributed by atoms with E-state index in [9.17, 15) is 4.79 Å². The van der Waals surface area contributed by atoms with Crippen molar-refractivity contribution in [3.05, 3.63) is 79.1 Å². The number of aliphatic imine (C=N–C) groups is 1. The smallest absolute Gasteiger partial charge is 0.259 e. The van der Waals surface area contributed by atoms with Gasteiger partial charge in [-0.15, -0.1) is 11.3 Å². The van der Waals surface area contributed by atoms with Crippen LogP contribution < -0.4 is 5.32 Å². The van der Waals surface area contributed by atoms with E-state index in [0.29, 0.717) is 42.8 Å². The molecule has 3 nitrogen and oxygen atoms in total. The first-order valence-electron chi connectivity index (χ1n) is 10.8. The van der Waals surface area contributed by atoms with Crippen molar-refractivity contribution < 1.29 is 4.79 Å². The Morgan fingerprint density at radius 2 is 1.85 bits per heavy atom. The summed E-state index contributed by atoms with van der Waals surface area (Å²) in [6.45, 7) is 6.85. The molecule has 1 aromatic heterocycles. The molecule has 1 aliphatic carbocycles. The Kier molecular flexibility index (Phi) is 7.20. The van der Waals surface area contributed by atoms with E-state index in [1.165, 1.54) is 4.88 Å². The summed E-state index contributed by atoms with van der Waals surface area (Å²) in [7, 11) is 0. The highest BCUT2D eigenvalue weighted by atomic mass is 35.5. The number of thiophene rings is 1. The van der Waals surface area contributed by atoms with Gasteiger partial charge in [-0.2, -0.15) is 0 Å². The summed E-state index contributed by atoms with van der Waals surface area (Å²) in [6, 6.07) is 12.5. The largest absolute Gasteiger partial charge is 0.322 e. The molecule has 1 amide bonds. The number of hydrogen-bond donors (Lipinski definition) is 1. The van der Waals surface area contributed by atoms with Crippen LogP contribution in [0.3, 0.4) is 0 Å². The fraction of sp³-hybridized carbons (Fsp3) is 0.308. The maximum absolute atomic E-state index is 13.4. The molecule has 33 heavy (non-hydrogen) atoms. The molecular weight excluding hydrogens is 495 g/mol. The van der Waals surface area contributed by atoms with Crippen LogP contribution in [0.4, 0.5) is 10.7 Å².